The van der Waals surface area contributed by atoms with Gasteiger partial charge in [-0.25, -0.2) is 4.98 Å². The minimum atomic E-state index is -0.394. The maximum atomic E-state index is 11.9. The molecule has 0 spiro atoms. The molecule has 4 nitrogen and oxygen atoms in total. The van der Waals surface area contributed by atoms with E-state index < -0.39 is 5.41 Å². The number of pyridine rings is 1. The highest BCUT2D eigenvalue weighted by atomic mass is 16.2. The maximum absolute atomic E-state index is 11.9. The van der Waals surface area contributed by atoms with Crippen LogP contribution in [0, 0.1) is 18.3 Å². The summed E-state index contributed by atoms with van der Waals surface area (Å²) >= 11 is 0. The van der Waals surface area contributed by atoms with Crippen LogP contribution in [0.2, 0.25) is 0 Å². The fraction of sp³-hybridized carbons (Fsp3) is 0.625. The summed E-state index contributed by atoms with van der Waals surface area (Å²) in [6.45, 7) is 8.72. The summed E-state index contributed by atoms with van der Waals surface area (Å²) in [7, 11) is 0. The van der Waals surface area contributed by atoms with Gasteiger partial charge in [0.05, 0.1) is 11.9 Å². The Hall–Kier alpha value is -1.58. The third kappa shape index (κ3) is 3.71. The van der Waals surface area contributed by atoms with Gasteiger partial charge >= 0.3 is 0 Å². The molecule has 1 aliphatic rings. The lowest BCUT2D eigenvalue weighted by Gasteiger charge is -2.26. The van der Waals surface area contributed by atoms with Gasteiger partial charge in [0.2, 0.25) is 5.91 Å². The molecule has 1 aliphatic carbocycles. The molecular weight excluding hydrogens is 250 g/mol. The van der Waals surface area contributed by atoms with Gasteiger partial charge in [-0.3, -0.25) is 4.79 Å². The van der Waals surface area contributed by atoms with Gasteiger partial charge in [0, 0.05) is 12.0 Å². The predicted molar refractivity (Wildman–Crippen MR) is 82.9 cm³/mol. The molecule has 0 radical (unpaired) electrons. The lowest BCUT2D eigenvalue weighted by Crippen LogP contribution is -2.27. The smallest absolute Gasteiger partial charge is 0.229 e. The molecule has 1 amide bonds. The highest BCUT2D eigenvalue weighted by Crippen LogP contribution is 2.27. The van der Waals surface area contributed by atoms with Crippen molar-refractivity contribution in [2.75, 3.05) is 17.2 Å². The zero-order chi connectivity index (χ0) is 14.8. The molecule has 0 saturated heterocycles. The van der Waals surface area contributed by atoms with Gasteiger partial charge in [0.1, 0.15) is 5.82 Å². The van der Waals surface area contributed by atoms with Crippen LogP contribution in [-0.2, 0) is 4.79 Å². The quantitative estimate of drug-likeness (QED) is 0.883. The molecule has 1 aromatic rings. The van der Waals surface area contributed by atoms with Gasteiger partial charge in [0.25, 0.3) is 0 Å². The number of aryl methyl sites for hydroxylation is 1. The van der Waals surface area contributed by atoms with Gasteiger partial charge in [-0.2, -0.15) is 0 Å². The highest BCUT2D eigenvalue weighted by Gasteiger charge is 2.21. The number of hydrogen-bond acceptors (Lipinski definition) is 3. The minimum absolute atomic E-state index is 0.00822. The van der Waals surface area contributed by atoms with Crippen LogP contribution in [0.4, 0.5) is 11.5 Å². The van der Waals surface area contributed by atoms with E-state index in [0.29, 0.717) is 0 Å². The molecule has 1 fully saturated rings. The van der Waals surface area contributed by atoms with Crippen LogP contribution in [0.25, 0.3) is 0 Å². The first-order chi connectivity index (χ1) is 9.36. The average Bonchev–Trinajstić information content (AvgIpc) is 2.28. The summed E-state index contributed by atoms with van der Waals surface area (Å²) in [5, 5.41) is 6.31. The van der Waals surface area contributed by atoms with E-state index in [-0.39, 0.29) is 5.91 Å². The maximum Gasteiger partial charge on any atom is 0.229 e. The molecular formula is C16H25N3O. The van der Waals surface area contributed by atoms with Crippen molar-refractivity contribution in [3.8, 4) is 0 Å². The van der Waals surface area contributed by atoms with E-state index in [2.05, 4.69) is 15.6 Å². The Bertz CT molecular complexity index is 487. The third-order valence-corrected chi connectivity index (χ3v) is 3.80. The highest BCUT2D eigenvalue weighted by molar-refractivity contribution is 5.94. The van der Waals surface area contributed by atoms with Crippen molar-refractivity contribution in [2.45, 2.75) is 47.0 Å². The normalized spacial score (nSPS) is 15.6. The molecule has 1 heterocycles. The van der Waals surface area contributed by atoms with Crippen LogP contribution in [0.5, 0.6) is 0 Å². The fourth-order valence-electron chi connectivity index (χ4n) is 2.08. The second-order valence-electron chi connectivity index (χ2n) is 6.77. The molecule has 0 aliphatic heterocycles. The number of anilines is 2. The molecule has 110 valence electrons. The summed E-state index contributed by atoms with van der Waals surface area (Å²) < 4.78 is 0. The van der Waals surface area contributed by atoms with Crippen molar-refractivity contribution in [2.24, 2.45) is 11.3 Å². The summed E-state index contributed by atoms with van der Waals surface area (Å²) in [4.78, 5) is 16.4. The minimum Gasteiger partial charge on any atom is -0.370 e. The van der Waals surface area contributed by atoms with Crippen molar-refractivity contribution in [1.29, 1.82) is 0 Å². The standard InChI is InChI=1S/C16H25N3O/c1-11-8-13(19-15(20)16(2,3)4)10-18-14(11)17-9-12-6-5-7-12/h8,10,12H,5-7,9H2,1-4H3,(H,17,18)(H,19,20). The number of aromatic nitrogens is 1. The largest absolute Gasteiger partial charge is 0.370 e. The van der Waals surface area contributed by atoms with E-state index in [1.54, 1.807) is 6.20 Å². The van der Waals surface area contributed by atoms with Crippen LogP contribution in [0.1, 0.15) is 45.6 Å². The molecule has 2 N–H and O–H groups in total. The van der Waals surface area contributed by atoms with Crippen molar-refractivity contribution in [3.63, 3.8) is 0 Å². The second-order valence-corrected chi connectivity index (χ2v) is 6.77. The lowest BCUT2D eigenvalue weighted by atomic mass is 9.85. The SMILES string of the molecule is Cc1cc(NC(=O)C(C)(C)C)cnc1NCC1CCC1. The van der Waals surface area contributed by atoms with Gasteiger partial charge in [0.15, 0.2) is 0 Å². The van der Waals surface area contributed by atoms with Crippen molar-refractivity contribution in [1.82, 2.24) is 4.98 Å². The monoisotopic (exact) mass is 275 g/mol. The molecule has 0 unspecified atom stereocenters. The second kappa shape index (κ2) is 5.81. The zero-order valence-electron chi connectivity index (χ0n) is 12.9. The van der Waals surface area contributed by atoms with Gasteiger partial charge in [-0.15, -0.1) is 0 Å². The van der Waals surface area contributed by atoms with Crippen LogP contribution in [0.3, 0.4) is 0 Å². The Morgan fingerprint density at radius 3 is 2.60 bits per heavy atom. The topological polar surface area (TPSA) is 54.0 Å². The number of nitrogens with zero attached hydrogens (tertiary/aromatic N) is 1. The molecule has 1 aromatic heterocycles. The van der Waals surface area contributed by atoms with E-state index in [1.165, 1.54) is 19.3 Å². The van der Waals surface area contributed by atoms with Crippen LogP contribution < -0.4 is 10.6 Å². The summed E-state index contributed by atoms with van der Waals surface area (Å²) in [6, 6.07) is 1.97. The molecule has 20 heavy (non-hydrogen) atoms. The summed E-state index contributed by atoms with van der Waals surface area (Å²) in [5.41, 5.74) is 1.43. The predicted octanol–water partition coefficient (Wildman–Crippen LogP) is 3.59. The van der Waals surface area contributed by atoms with Crippen molar-refractivity contribution < 1.29 is 4.79 Å². The first-order valence-corrected chi connectivity index (χ1v) is 7.38. The summed E-state index contributed by atoms with van der Waals surface area (Å²) in [6.07, 6.45) is 5.73. The number of nitrogens with one attached hydrogen (secondary N) is 2. The van der Waals surface area contributed by atoms with Crippen LogP contribution in [-0.4, -0.2) is 17.4 Å². The van der Waals surface area contributed by atoms with Crippen LogP contribution >= 0.6 is 0 Å². The Kier molecular flexibility index (Phi) is 4.31. The van der Waals surface area contributed by atoms with E-state index >= 15 is 0 Å². The number of rotatable bonds is 4. The molecule has 0 bridgehead atoms. The first-order valence-electron chi connectivity index (χ1n) is 7.38. The Labute approximate surface area is 121 Å². The number of hydrogen-bond donors (Lipinski definition) is 2. The van der Waals surface area contributed by atoms with Gasteiger partial charge < -0.3 is 10.6 Å². The van der Waals surface area contributed by atoms with E-state index in [4.69, 9.17) is 0 Å². The Morgan fingerprint density at radius 1 is 1.40 bits per heavy atom. The van der Waals surface area contributed by atoms with E-state index in [0.717, 1.165) is 29.5 Å². The number of amides is 1. The molecule has 0 aromatic carbocycles. The van der Waals surface area contributed by atoms with E-state index in [1.807, 2.05) is 33.8 Å². The molecule has 4 heteroatoms. The number of carbonyl (C=O) groups is 1. The van der Waals surface area contributed by atoms with Crippen molar-refractivity contribution >= 4 is 17.4 Å². The zero-order valence-corrected chi connectivity index (χ0v) is 12.9. The Morgan fingerprint density at radius 2 is 2.10 bits per heavy atom. The molecule has 1 saturated carbocycles. The van der Waals surface area contributed by atoms with Crippen LogP contribution in [0.15, 0.2) is 12.3 Å². The fourth-order valence-corrected chi connectivity index (χ4v) is 2.08. The Balaban J connectivity index is 1.96. The number of carbonyl (C=O) groups excluding carboxylic acids is 1. The van der Waals surface area contributed by atoms with Crippen molar-refractivity contribution in [3.05, 3.63) is 17.8 Å². The summed E-state index contributed by atoms with van der Waals surface area (Å²) in [5.74, 6) is 1.73. The van der Waals surface area contributed by atoms with E-state index in [9.17, 15) is 4.79 Å². The van der Waals surface area contributed by atoms with Gasteiger partial charge in [-0.05, 0) is 37.3 Å². The first kappa shape index (κ1) is 14.8. The molecule has 2 rings (SSSR count). The lowest BCUT2D eigenvalue weighted by molar-refractivity contribution is -0.123. The average molecular weight is 275 g/mol. The van der Waals surface area contributed by atoms with Gasteiger partial charge in [-0.1, -0.05) is 27.2 Å². The molecule has 0 atom stereocenters. The third-order valence-electron chi connectivity index (χ3n) is 3.80.